The van der Waals surface area contributed by atoms with Crippen molar-refractivity contribution < 1.29 is 9.13 Å². The van der Waals surface area contributed by atoms with Gasteiger partial charge in [0.2, 0.25) is 0 Å². The average molecular weight is 338 g/mol. The van der Waals surface area contributed by atoms with E-state index in [1.807, 2.05) is 31.2 Å². The molecule has 0 radical (unpaired) electrons. The lowest BCUT2D eigenvalue weighted by Gasteiger charge is -2.17. The minimum absolute atomic E-state index is 0.0189. The van der Waals surface area contributed by atoms with Gasteiger partial charge in [-0.25, -0.2) is 4.39 Å². The first kappa shape index (κ1) is 14.9. The van der Waals surface area contributed by atoms with Crippen molar-refractivity contribution in [3.05, 3.63) is 57.8 Å². The van der Waals surface area contributed by atoms with Crippen LogP contribution >= 0.6 is 15.9 Å². The molecule has 0 spiro atoms. The molecule has 1 atom stereocenters. The molecule has 0 aliphatic rings. The van der Waals surface area contributed by atoms with Crippen LogP contribution in [0.25, 0.3) is 0 Å². The highest BCUT2D eigenvalue weighted by molar-refractivity contribution is 9.10. The SMILES string of the molecule is COc1ccc(NC(C)c2ccc(C)c(F)c2)cc1Br. The summed E-state index contributed by atoms with van der Waals surface area (Å²) >= 11 is 3.45. The Morgan fingerprint density at radius 2 is 1.95 bits per heavy atom. The monoisotopic (exact) mass is 337 g/mol. The van der Waals surface area contributed by atoms with Crippen LogP contribution in [0.3, 0.4) is 0 Å². The van der Waals surface area contributed by atoms with E-state index >= 15 is 0 Å². The van der Waals surface area contributed by atoms with Crippen molar-refractivity contribution in [1.29, 1.82) is 0 Å². The molecule has 2 nitrogen and oxygen atoms in total. The van der Waals surface area contributed by atoms with Crippen LogP contribution in [0.5, 0.6) is 5.75 Å². The molecule has 2 aromatic rings. The van der Waals surface area contributed by atoms with Gasteiger partial charge in [-0.3, -0.25) is 0 Å². The van der Waals surface area contributed by atoms with Crippen molar-refractivity contribution in [1.82, 2.24) is 0 Å². The van der Waals surface area contributed by atoms with Crippen LogP contribution in [-0.4, -0.2) is 7.11 Å². The maximum Gasteiger partial charge on any atom is 0.133 e. The summed E-state index contributed by atoms with van der Waals surface area (Å²) in [6, 6.07) is 11.1. The lowest BCUT2D eigenvalue weighted by Crippen LogP contribution is -2.07. The van der Waals surface area contributed by atoms with Gasteiger partial charge in [0.15, 0.2) is 0 Å². The summed E-state index contributed by atoms with van der Waals surface area (Å²) in [4.78, 5) is 0. The second-order valence-electron chi connectivity index (χ2n) is 4.72. The van der Waals surface area contributed by atoms with Gasteiger partial charge >= 0.3 is 0 Å². The van der Waals surface area contributed by atoms with E-state index in [1.54, 1.807) is 26.2 Å². The second-order valence-corrected chi connectivity index (χ2v) is 5.58. The van der Waals surface area contributed by atoms with Crippen molar-refractivity contribution in [2.24, 2.45) is 0 Å². The van der Waals surface area contributed by atoms with E-state index < -0.39 is 0 Å². The van der Waals surface area contributed by atoms with Crippen molar-refractivity contribution >= 4 is 21.6 Å². The fourth-order valence-corrected chi connectivity index (χ4v) is 2.51. The van der Waals surface area contributed by atoms with Crippen molar-refractivity contribution in [2.75, 3.05) is 12.4 Å². The van der Waals surface area contributed by atoms with Crippen LogP contribution < -0.4 is 10.1 Å². The number of rotatable bonds is 4. The standard InChI is InChI=1S/C16H17BrFNO/c1-10-4-5-12(8-15(10)18)11(2)19-13-6-7-16(20-3)14(17)9-13/h4-9,11,19H,1-3H3. The molecule has 1 N–H and O–H groups in total. The first-order valence-electron chi connectivity index (χ1n) is 6.37. The summed E-state index contributed by atoms with van der Waals surface area (Å²) in [6.45, 7) is 3.76. The number of anilines is 1. The van der Waals surface area contributed by atoms with Crippen LogP contribution in [-0.2, 0) is 0 Å². The van der Waals surface area contributed by atoms with Crippen LogP contribution in [0, 0.1) is 12.7 Å². The minimum Gasteiger partial charge on any atom is -0.496 e. The number of nitrogens with one attached hydrogen (secondary N) is 1. The Morgan fingerprint density at radius 1 is 1.20 bits per heavy atom. The molecule has 0 aliphatic carbocycles. The average Bonchev–Trinajstić information content (AvgIpc) is 2.42. The van der Waals surface area contributed by atoms with E-state index in [2.05, 4.69) is 21.2 Å². The third kappa shape index (κ3) is 3.31. The molecule has 20 heavy (non-hydrogen) atoms. The number of benzene rings is 2. The van der Waals surface area contributed by atoms with Gasteiger partial charge in [-0.15, -0.1) is 0 Å². The molecule has 0 aromatic heterocycles. The molecule has 2 aromatic carbocycles. The van der Waals surface area contributed by atoms with E-state index in [-0.39, 0.29) is 11.9 Å². The number of ether oxygens (including phenoxy) is 1. The molecule has 1 unspecified atom stereocenters. The summed E-state index contributed by atoms with van der Waals surface area (Å²) in [6.07, 6.45) is 0. The Hall–Kier alpha value is -1.55. The quantitative estimate of drug-likeness (QED) is 0.840. The highest BCUT2D eigenvalue weighted by Gasteiger charge is 2.09. The highest BCUT2D eigenvalue weighted by Crippen LogP contribution is 2.29. The van der Waals surface area contributed by atoms with E-state index in [9.17, 15) is 4.39 Å². The fourth-order valence-electron chi connectivity index (χ4n) is 1.97. The Morgan fingerprint density at radius 3 is 2.55 bits per heavy atom. The largest absolute Gasteiger partial charge is 0.496 e. The topological polar surface area (TPSA) is 21.3 Å². The lowest BCUT2D eigenvalue weighted by atomic mass is 10.1. The third-order valence-corrected chi connectivity index (χ3v) is 3.85. The number of halogens is 2. The van der Waals surface area contributed by atoms with Crippen molar-refractivity contribution in [3.8, 4) is 5.75 Å². The molecule has 106 valence electrons. The van der Waals surface area contributed by atoms with E-state index in [0.717, 1.165) is 21.5 Å². The zero-order chi connectivity index (χ0) is 14.7. The van der Waals surface area contributed by atoms with Gasteiger partial charge in [0.1, 0.15) is 11.6 Å². The van der Waals surface area contributed by atoms with Gasteiger partial charge in [0.25, 0.3) is 0 Å². The van der Waals surface area contributed by atoms with Crippen LogP contribution in [0.4, 0.5) is 10.1 Å². The van der Waals surface area contributed by atoms with Gasteiger partial charge in [0, 0.05) is 11.7 Å². The highest BCUT2D eigenvalue weighted by atomic mass is 79.9. The first-order chi connectivity index (χ1) is 9.51. The van der Waals surface area contributed by atoms with Gasteiger partial charge in [0.05, 0.1) is 11.6 Å². The van der Waals surface area contributed by atoms with Crippen LogP contribution in [0.1, 0.15) is 24.1 Å². The maximum atomic E-state index is 13.6. The predicted octanol–water partition coefficient (Wildman–Crippen LogP) is 5.08. The summed E-state index contributed by atoms with van der Waals surface area (Å²) in [5.41, 5.74) is 2.53. The minimum atomic E-state index is -0.174. The normalized spacial score (nSPS) is 12.1. The molecule has 0 saturated carbocycles. The molecule has 0 heterocycles. The van der Waals surface area contributed by atoms with Crippen molar-refractivity contribution in [2.45, 2.75) is 19.9 Å². The van der Waals surface area contributed by atoms with E-state index in [0.29, 0.717) is 5.56 Å². The Labute approximate surface area is 127 Å². The Kier molecular flexibility index (Phi) is 4.65. The van der Waals surface area contributed by atoms with Crippen molar-refractivity contribution in [3.63, 3.8) is 0 Å². The molecular formula is C16H17BrFNO. The van der Waals surface area contributed by atoms with Crippen LogP contribution in [0.2, 0.25) is 0 Å². The third-order valence-electron chi connectivity index (χ3n) is 3.23. The first-order valence-corrected chi connectivity index (χ1v) is 7.16. The zero-order valence-electron chi connectivity index (χ0n) is 11.7. The lowest BCUT2D eigenvalue weighted by molar-refractivity contribution is 0.412. The summed E-state index contributed by atoms with van der Waals surface area (Å²) in [5, 5.41) is 3.34. The molecular weight excluding hydrogens is 321 g/mol. The number of hydrogen-bond acceptors (Lipinski definition) is 2. The van der Waals surface area contributed by atoms with Gasteiger partial charge < -0.3 is 10.1 Å². The van der Waals surface area contributed by atoms with E-state index in [4.69, 9.17) is 4.74 Å². The van der Waals surface area contributed by atoms with Gasteiger partial charge in [-0.05, 0) is 65.2 Å². The fraction of sp³-hybridized carbons (Fsp3) is 0.250. The molecule has 0 saturated heterocycles. The summed E-state index contributed by atoms with van der Waals surface area (Å²) in [5.74, 6) is 0.608. The van der Waals surface area contributed by atoms with Gasteiger partial charge in [-0.2, -0.15) is 0 Å². The Balaban J connectivity index is 2.16. The second kappa shape index (κ2) is 6.27. The molecule has 0 bridgehead atoms. The zero-order valence-corrected chi connectivity index (χ0v) is 13.3. The molecule has 0 fully saturated rings. The van der Waals surface area contributed by atoms with Gasteiger partial charge in [-0.1, -0.05) is 12.1 Å². The maximum absolute atomic E-state index is 13.6. The Bertz CT molecular complexity index is 615. The number of methoxy groups -OCH3 is 1. The predicted molar refractivity (Wildman–Crippen MR) is 83.9 cm³/mol. The summed E-state index contributed by atoms with van der Waals surface area (Å²) in [7, 11) is 1.63. The van der Waals surface area contributed by atoms with Crippen LogP contribution in [0.15, 0.2) is 40.9 Å². The molecule has 4 heteroatoms. The number of aryl methyl sites for hydroxylation is 1. The molecule has 0 aliphatic heterocycles. The smallest absolute Gasteiger partial charge is 0.133 e. The molecule has 2 rings (SSSR count). The molecule has 0 amide bonds. The summed E-state index contributed by atoms with van der Waals surface area (Å²) < 4.78 is 19.7. The number of hydrogen-bond donors (Lipinski definition) is 1. The van der Waals surface area contributed by atoms with E-state index in [1.165, 1.54) is 0 Å².